The standard InChI is InChI=1S/C16H19N3O4S/c1-18-8-12(6-17-18)24(21,22)19-7-11(9-20)14-10-23-15-5-3-2-4-13(15)16(14)19/h2-6,8,11,14,16,20H,7,9-10H2,1H3/t11-,14-,16-/m0/s1. The lowest BCUT2D eigenvalue weighted by Crippen LogP contribution is -2.35. The Hall–Kier alpha value is -1.90. The normalized spacial score (nSPS) is 26.7. The highest BCUT2D eigenvalue weighted by Crippen LogP contribution is 2.49. The van der Waals surface area contributed by atoms with Gasteiger partial charge in [-0.2, -0.15) is 9.40 Å². The Labute approximate surface area is 140 Å². The zero-order valence-corrected chi connectivity index (χ0v) is 14.1. The van der Waals surface area contributed by atoms with Crippen LogP contribution in [0.4, 0.5) is 0 Å². The summed E-state index contributed by atoms with van der Waals surface area (Å²) >= 11 is 0. The van der Waals surface area contributed by atoms with Crippen molar-refractivity contribution in [3.05, 3.63) is 42.2 Å². The number of ether oxygens (including phenoxy) is 1. The van der Waals surface area contributed by atoms with Crippen molar-refractivity contribution >= 4 is 10.0 Å². The molecule has 4 rings (SSSR count). The lowest BCUT2D eigenvalue weighted by atomic mass is 9.86. The van der Waals surface area contributed by atoms with Crippen molar-refractivity contribution in [1.29, 1.82) is 0 Å². The van der Waals surface area contributed by atoms with E-state index in [1.54, 1.807) is 7.05 Å². The highest BCUT2D eigenvalue weighted by Gasteiger charge is 2.50. The van der Waals surface area contributed by atoms with Crippen molar-refractivity contribution in [2.24, 2.45) is 18.9 Å². The summed E-state index contributed by atoms with van der Waals surface area (Å²) in [7, 11) is -2.00. The molecule has 0 amide bonds. The zero-order valence-electron chi connectivity index (χ0n) is 13.2. The Bertz CT molecular complexity index is 864. The molecule has 3 heterocycles. The number of aliphatic hydroxyl groups is 1. The van der Waals surface area contributed by atoms with Crippen LogP contribution >= 0.6 is 0 Å². The van der Waals surface area contributed by atoms with E-state index in [2.05, 4.69) is 5.10 Å². The van der Waals surface area contributed by atoms with E-state index in [4.69, 9.17) is 4.74 Å². The van der Waals surface area contributed by atoms with Gasteiger partial charge in [-0.3, -0.25) is 4.68 Å². The molecule has 0 unspecified atom stereocenters. The number of hydrogen-bond donors (Lipinski definition) is 1. The number of aliphatic hydroxyl groups excluding tert-OH is 1. The van der Waals surface area contributed by atoms with Gasteiger partial charge in [0.15, 0.2) is 0 Å². The molecule has 1 aromatic heterocycles. The number of aromatic nitrogens is 2. The highest BCUT2D eigenvalue weighted by molar-refractivity contribution is 7.89. The van der Waals surface area contributed by atoms with Crippen LogP contribution in [0.3, 0.4) is 0 Å². The summed E-state index contributed by atoms with van der Waals surface area (Å²) in [6, 6.07) is 7.19. The summed E-state index contributed by atoms with van der Waals surface area (Å²) in [6.07, 6.45) is 2.86. The Morgan fingerprint density at radius 3 is 2.88 bits per heavy atom. The van der Waals surface area contributed by atoms with Crippen LogP contribution in [0.5, 0.6) is 5.75 Å². The van der Waals surface area contributed by atoms with E-state index >= 15 is 0 Å². The molecule has 8 heteroatoms. The lowest BCUT2D eigenvalue weighted by Gasteiger charge is -2.33. The Balaban J connectivity index is 1.81. The molecule has 2 aliphatic heterocycles. The van der Waals surface area contributed by atoms with Crippen LogP contribution in [-0.2, 0) is 17.1 Å². The summed E-state index contributed by atoms with van der Waals surface area (Å²) in [6.45, 7) is 0.623. The topological polar surface area (TPSA) is 84.7 Å². The second-order valence-electron chi connectivity index (χ2n) is 6.32. The Morgan fingerprint density at radius 2 is 2.17 bits per heavy atom. The van der Waals surface area contributed by atoms with Gasteiger partial charge in [-0.05, 0) is 6.07 Å². The van der Waals surface area contributed by atoms with Gasteiger partial charge in [0.25, 0.3) is 0 Å². The molecule has 2 aliphatic rings. The maximum atomic E-state index is 13.1. The third-order valence-corrected chi connectivity index (χ3v) is 6.73. The number of benzene rings is 1. The van der Waals surface area contributed by atoms with E-state index in [1.807, 2.05) is 24.3 Å². The van der Waals surface area contributed by atoms with Gasteiger partial charge in [-0.1, -0.05) is 18.2 Å². The van der Waals surface area contributed by atoms with Crippen LogP contribution in [-0.4, -0.2) is 47.4 Å². The quantitative estimate of drug-likeness (QED) is 0.885. The van der Waals surface area contributed by atoms with Crippen molar-refractivity contribution in [1.82, 2.24) is 14.1 Å². The molecule has 0 radical (unpaired) electrons. The SMILES string of the molecule is Cn1cc(S(=O)(=O)N2C[C@@H](CO)[C@@H]3COc4ccccc4[C@@H]32)cn1. The van der Waals surface area contributed by atoms with Crippen LogP contribution in [0.2, 0.25) is 0 Å². The largest absolute Gasteiger partial charge is 0.493 e. The first-order valence-corrected chi connectivity index (χ1v) is 9.29. The maximum Gasteiger partial charge on any atom is 0.246 e. The van der Waals surface area contributed by atoms with E-state index in [-0.39, 0.29) is 35.9 Å². The number of hydrogen-bond acceptors (Lipinski definition) is 5. The van der Waals surface area contributed by atoms with Crippen LogP contribution in [0, 0.1) is 11.8 Å². The highest BCUT2D eigenvalue weighted by atomic mass is 32.2. The molecule has 0 saturated carbocycles. The molecule has 1 fully saturated rings. The predicted molar refractivity (Wildman–Crippen MR) is 85.8 cm³/mol. The molecular weight excluding hydrogens is 330 g/mol. The van der Waals surface area contributed by atoms with Gasteiger partial charge in [0.1, 0.15) is 10.6 Å². The second kappa shape index (κ2) is 5.58. The van der Waals surface area contributed by atoms with Gasteiger partial charge in [0.2, 0.25) is 10.0 Å². The summed E-state index contributed by atoms with van der Waals surface area (Å²) < 4.78 is 35.0. The summed E-state index contributed by atoms with van der Waals surface area (Å²) in [5, 5.41) is 13.7. The molecule has 0 bridgehead atoms. The number of sulfonamides is 1. The Kier molecular flexibility index (Phi) is 3.63. The molecule has 3 atom stereocenters. The minimum absolute atomic E-state index is 0.0589. The first kappa shape index (κ1) is 15.6. The van der Waals surface area contributed by atoms with Gasteiger partial charge in [0.05, 0.1) is 18.8 Å². The van der Waals surface area contributed by atoms with Gasteiger partial charge in [-0.15, -0.1) is 0 Å². The summed E-state index contributed by atoms with van der Waals surface area (Å²) in [5.74, 6) is 0.509. The predicted octanol–water partition coefficient (Wildman–Crippen LogP) is 0.783. The fraction of sp³-hybridized carbons (Fsp3) is 0.438. The zero-order chi connectivity index (χ0) is 16.9. The van der Waals surface area contributed by atoms with Crippen LogP contribution in [0.25, 0.3) is 0 Å². The Morgan fingerprint density at radius 1 is 1.38 bits per heavy atom. The molecule has 128 valence electrons. The van der Waals surface area contributed by atoms with E-state index in [9.17, 15) is 13.5 Å². The number of para-hydroxylation sites is 1. The van der Waals surface area contributed by atoms with Crippen molar-refractivity contribution in [3.8, 4) is 5.75 Å². The van der Waals surface area contributed by atoms with E-state index < -0.39 is 10.0 Å². The molecule has 0 aliphatic carbocycles. The molecule has 24 heavy (non-hydrogen) atoms. The van der Waals surface area contributed by atoms with Gasteiger partial charge in [-0.25, -0.2) is 8.42 Å². The minimum Gasteiger partial charge on any atom is -0.493 e. The molecular formula is C16H19N3O4S. The molecule has 1 aromatic carbocycles. The third kappa shape index (κ3) is 2.25. The first-order chi connectivity index (χ1) is 11.5. The number of fused-ring (bicyclic) bond motifs is 3. The second-order valence-corrected chi connectivity index (χ2v) is 8.22. The molecule has 1 saturated heterocycles. The average Bonchev–Trinajstić information content (AvgIpc) is 3.19. The van der Waals surface area contributed by atoms with Gasteiger partial charge in [0, 0.05) is 43.8 Å². The van der Waals surface area contributed by atoms with Gasteiger partial charge < -0.3 is 9.84 Å². The average molecular weight is 349 g/mol. The number of rotatable bonds is 3. The van der Waals surface area contributed by atoms with E-state index in [0.717, 1.165) is 5.56 Å². The number of aryl methyl sites for hydroxylation is 1. The summed E-state index contributed by atoms with van der Waals surface area (Å²) in [4.78, 5) is 0.173. The first-order valence-electron chi connectivity index (χ1n) is 7.85. The molecule has 2 aromatic rings. The van der Waals surface area contributed by atoms with E-state index in [0.29, 0.717) is 12.4 Å². The van der Waals surface area contributed by atoms with Crippen molar-refractivity contribution in [3.63, 3.8) is 0 Å². The fourth-order valence-corrected chi connectivity index (χ4v) is 5.41. The lowest BCUT2D eigenvalue weighted by molar-refractivity contribution is 0.129. The minimum atomic E-state index is -3.69. The molecule has 1 N–H and O–H groups in total. The fourth-order valence-electron chi connectivity index (χ4n) is 3.71. The van der Waals surface area contributed by atoms with Crippen molar-refractivity contribution < 1.29 is 18.3 Å². The molecule has 0 spiro atoms. The van der Waals surface area contributed by atoms with Crippen LogP contribution in [0.15, 0.2) is 41.6 Å². The van der Waals surface area contributed by atoms with Crippen LogP contribution < -0.4 is 4.74 Å². The smallest absolute Gasteiger partial charge is 0.246 e. The summed E-state index contributed by atoms with van der Waals surface area (Å²) in [5.41, 5.74) is 0.858. The van der Waals surface area contributed by atoms with Crippen molar-refractivity contribution in [2.75, 3.05) is 19.8 Å². The maximum absolute atomic E-state index is 13.1. The number of nitrogens with zero attached hydrogens (tertiary/aromatic N) is 3. The van der Waals surface area contributed by atoms with Crippen molar-refractivity contribution in [2.45, 2.75) is 10.9 Å². The van der Waals surface area contributed by atoms with Gasteiger partial charge >= 0.3 is 0 Å². The monoisotopic (exact) mass is 349 g/mol. The molecule has 7 nitrogen and oxygen atoms in total. The third-order valence-electron chi connectivity index (χ3n) is 4.93. The van der Waals surface area contributed by atoms with Crippen LogP contribution in [0.1, 0.15) is 11.6 Å². The van der Waals surface area contributed by atoms with E-state index in [1.165, 1.54) is 21.4 Å².